The highest BCUT2D eigenvalue weighted by atomic mass is 16.5. The largest absolute Gasteiger partial charge is 0.497 e. The maximum absolute atomic E-state index is 12.0. The summed E-state index contributed by atoms with van der Waals surface area (Å²) < 4.78 is 6.81. The molecule has 0 bridgehead atoms. The number of methoxy groups -OCH3 is 1. The number of carbonyl (C=O) groups excluding carboxylic acids is 1. The first-order valence-corrected chi connectivity index (χ1v) is 6.63. The summed E-state index contributed by atoms with van der Waals surface area (Å²) in [6.07, 6.45) is 6.89. The molecule has 5 heteroatoms. The smallest absolute Gasteiger partial charge is 0.246 e. The van der Waals surface area contributed by atoms with Gasteiger partial charge in [-0.3, -0.25) is 9.48 Å². The molecule has 0 atom stereocenters. The van der Waals surface area contributed by atoms with Gasteiger partial charge >= 0.3 is 0 Å². The molecule has 1 aromatic heterocycles. The molecule has 21 heavy (non-hydrogen) atoms. The van der Waals surface area contributed by atoms with Gasteiger partial charge in [0.2, 0.25) is 5.91 Å². The van der Waals surface area contributed by atoms with E-state index in [4.69, 9.17) is 4.74 Å². The molecule has 2 aromatic rings. The van der Waals surface area contributed by atoms with Crippen molar-refractivity contribution in [3.05, 3.63) is 53.9 Å². The van der Waals surface area contributed by atoms with Crippen LogP contribution < -0.4 is 4.74 Å². The Morgan fingerprint density at radius 2 is 2.10 bits per heavy atom. The topological polar surface area (TPSA) is 47.4 Å². The van der Waals surface area contributed by atoms with Crippen LogP contribution in [0.4, 0.5) is 0 Å². The van der Waals surface area contributed by atoms with Gasteiger partial charge in [-0.1, -0.05) is 12.1 Å². The lowest BCUT2D eigenvalue weighted by molar-refractivity contribution is -0.125. The Morgan fingerprint density at radius 3 is 2.67 bits per heavy atom. The fourth-order valence-electron chi connectivity index (χ4n) is 1.90. The molecule has 1 aromatic carbocycles. The van der Waals surface area contributed by atoms with Gasteiger partial charge in [0.25, 0.3) is 0 Å². The van der Waals surface area contributed by atoms with Crippen molar-refractivity contribution in [2.75, 3.05) is 14.2 Å². The second-order valence-corrected chi connectivity index (χ2v) is 4.82. The van der Waals surface area contributed by atoms with Crippen LogP contribution >= 0.6 is 0 Å². The molecule has 0 N–H and O–H groups in total. The Kier molecular flexibility index (Phi) is 4.77. The first kappa shape index (κ1) is 14.8. The minimum Gasteiger partial charge on any atom is -0.497 e. The molecule has 0 aliphatic carbocycles. The van der Waals surface area contributed by atoms with Crippen LogP contribution in [0.25, 0.3) is 6.08 Å². The van der Waals surface area contributed by atoms with Gasteiger partial charge in [0.15, 0.2) is 0 Å². The van der Waals surface area contributed by atoms with Gasteiger partial charge in [0, 0.05) is 38.5 Å². The van der Waals surface area contributed by atoms with Crippen molar-refractivity contribution < 1.29 is 9.53 Å². The Balaban J connectivity index is 1.93. The molecule has 0 saturated carbocycles. The number of nitrogens with zero attached hydrogens (tertiary/aromatic N) is 3. The van der Waals surface area contributed by atoms with Crippen molar-refractivity contribution in [2.45, 2.75) is 6.54 Å². The number of carbonyl (C=O) groups is 1. The van der Waals surface area contributed by atoms with E-state index in [-0.39, 0.29) is 5.91 Å². The van der Waals surface area contributed by atoms with Gasteiger partial charge in [-0.2, -0.15) is 5.10 Å². The van der Waals surface area contributed by atoms with Gasteiger partial charge in [-0.25, -0.2) is 0 Å². The van der Waals surface area contributed by atoms with Crippen LogP contribution in [-0.2, 0) is 18.4 Å². The quantitative estimate of drug-likeness (QED) is 0.790. The number of aryl methyl sites for hydroxylation is 1. The number of hydrogen-bond donors (Lipinski definition) is 0. The molecule has 0 unspecified atom stereocenters. The summed E-state index contributed by atoms with van der Waals surface area (Å²) in [5.41, 5.74) is 1.96. The van der Waals surface area contributed by atoms with Crippen LogP contribution in [0.3, 0.4) is 0 Å². The highest BCUT2D eigenvalue weighted by Crippen LogP contribution is 2.12. The monoisotopic (exact) mass is 285 g/mol. The number of hydrogen-bond acceptors (Lipinski definition) is 3. The zero-order valence-corrected chi connectivity index (χ0v) is 12.5. The van der Waals surface area contributed by atoms with Crippen LogP contribution in [0, 0.1) is 0 Å². The molecular weight excluding hydrogens is 266 g/mol. The van der Waals surface area contributed by atoms with Gasteiger partial charge in [-0.15, -0.1) is 0 Å². The molecule has 0 aliphatic rings. The molecule has 0 spiro atoms. The second kappa shape index (κ2) is 6.74. The summed E-state index contributed by atoms with van der Waals surface area (Å²) in [5.74, 6) is 0.763. The van der Waals surface area contributed by atoms with E-state index in [1.54, 1.807) is 42.1 Å². The third-order valence-corrected chi connectivity index (χ3v) is 3.10. The molecule has 110 valence electrons. The average molecular weight is 285 g/mol. The fourth-order valence-corrected chi connectivity index (χ4v) is 1.90. The summed E-state index contributed by atoms with van der Waals surface area (Å²) in [5, 5.41) is 4.05. The van der Waals surface area contributed by atoms with E-state index in [0.717, 1.165) is 16.9 Å². The first-order valence-electron chi connectivity index (χ1n) is 6.63. The Bertz CT molecular complexity index is 629. The van der Waals surface area contributed by atoms with E-state index in [2.05, 4.69) is 5.10 Å². The van der Waals surface area contributed by atoms with Crippen LogP contribution in [0.15, 0.2) is 42.7 Å². The van der Waals surface area contributed by atoms with E-state index < -0.39 is 0 Å². The Labute approximate surface area is 124 Å². The lowest BCUT2D eigenvalue weighted by Crippen LogP contribution is -2.24. The summed E-state index contributed by atoms with van der Waals surface area (Å²) in [4.78, 5) is 13.7. The highest BCUT2D eigenvalue weighted by Gasteiger charge is 2.06. The third-order valence-electron chi connectivity index (χ3n) is 3.10. The minimum atomic E-state index is -0.0466. The van der Waals surface area contributed by atoms with Crippen LogP contribution in [0.5, 0.6) is 5.75 Å². The number of rotatable bonds is 5. The Morgan fingerprint density at radius 1 is 1.38 bits per heavy atom. The number of benzene rings is 1. The maximum atomic E-state index is 12.0. The summed E-state index contributed by atoms with van der Waals surface area (Å²) in [6, 6.07) is 7.68. The third kappa shape index (κ3) is 4.21. The van der Waals surface area contributed by atoms with E-state index in [9.17, 15) is 4.79 Å². The summed E-state index contributed by atoms with van der Waals surface area (Å²) >= 11 is 0. The molecule has 2 rings (SSSR count). The van der Waals surface area contributed by atoms with Gasteiger partial charge in [0.05, 0.1) is 13.3 Å². The summed E-state index contributed by atoms with van der Waals surface area (Å²) in [6.45, 7) is 0.556. The lowest BCUT2D eigenvalue weighted by atomic mass is 10.2. The number of amides is 1. The molecule has 0 aliphatic heterocycles. The molecule has 0 fully saturated rings. The van der Waals surface area contributed by atoms with Gasteiger partial charge in [0.1, 0.15) is 5.75 Å². The van der Waals surface area contributed by atoms with E-state index in [1.807, 2.05) is 37.5 Å². The van der Waals surface area contributed by atoms with Crippen molar-refractivity contribution in [2.24, 2.45) is 7.05 Å². The molecule has 1 heterocycles. The van der Waals surface area contributed by atoms with Crippen LogP contribution in [0.1, 0.15) is 11.1 Å². The van der Waals surface area contributed by atoms with Crippen molar-refractivity contribution in [1.82, 2.24) is 14.7 Å². The number of likely N-dealkylation sites (N-methyl/N-ethyl adjacent to an activating group) is 1. The summed E-state index contributed by atoms with van der Waals surface area (Å²) in [7, 11) is 5.25. The maximum Gasteiger partial charge on any atom is 0.246 e. The zero-order chi connectivity index (χ0) is 15.2. The van der Waals surface area contributed by atoms with Crippen LogP contribution in [0.2, 0.25) is 0 Å². The van der Waals surface area contributed by atoms with E-state index >= 15 is 0 Å². The van der Waals surface area contributed by atoms with Crippen molar-refractivity contribution in [1.29, 1.82) is 0 Å². The normalized spacial score (nSPS) is 10.8. The van der Waals surface area contributed by atoms with E-state index in [0.29, 0.717) is 6.54 Å². The fraction of sp³-hybridized carbons (Fsp3) is 0.250. The van der Waals surface area contributed by atoms with Crippen molar-refractivity contribution in [3.63, 3.8) is 0 Å². The highest BCUT2D eigenvalue weighted by molar-refractivity contribution is 5.91. The van der Waals surface area contributed by atoms with Gasteiger partial charge in [-0.05, 0) is 23.8 Å². The molecule has 0 saturated heterocycles. The predicted octanol–water partition coefficient (Wildman–Crippen LogP) is 2.10. The van der Waals surface area contributed by atoms with Crippen molar-refractivity contribution in [3.8, 4) is 5.75 Å². The lowest BCUT2D eigenvalue weighted by Gasteiger charge is -2.15. The van der Waals surface area contributed by atoms with Gasteiger partial charge < -0.3 is 9.64 Å². The zero-order valence-electron chi connectivity index (χ0n) is 12.5. The number of aromatic nitrogens is 2. The predicted molar refractivity (Wildman–Crippen MR) is 81.7 cm³/mol. The average Bonchev–Trinajstić information content (AvgIpc) is 2.91. The standard InChI is InChI=1S/C16H19N3O2/c1-18(11-13-4-7-15(21-3)8-5-13)16(20)9-6-14-10-17-19(2)12-14/h4-10,12H,11H2,1-3H3/b9-6+. The Hall–Kier alpha value is -2.56. The molecule has 1 amide bonds. The van der Waals surface area contributed by atoms with E-state index in [1.165, 1.54) is 0 Å². The SMILES string of the molecule is COc1ccc(CN(C)C(=O)/C=C/c2cnn(C)c2)cc1. The van der Waals surface area contributed by atoms with Crippen molar-refractivity contribution >= 4 is 12.0 Å². The molecule has 5 nitrogen and oxygen atoms in total. The number of ether oxygens (including phenoxy) is 1. The minimum absolute atomic E-state index is 0.0466. The molecule has 0 radical (unpaired) electrons. The second-order valence-electron chi connectivity index (χ2n) is 4.82. The van der Waals surface area contributed by atoms with Crippen LogP contribution in [-0.4, -0.2) is 34.7 Å². The first-order chi connectivity index (χ1) is 10.1. The molecular formula is C16H19N3O2.